The third kappa shape index (κ3) is 37.4. The number of rotatable bonds is 12. The molecule has 0 N–H and O–H groups in total. The number of carbonyl (C=O) groups is 2. The van der Waals surface area contributed by atoms with Gasteiger partial charge in [0.15, 0.2) is 0 Å². The van der Waals surface area contributed by atoms with Crippen molar-refractivity contribution >= 4 is 60.8 Å². The number of carbonyl (C=O) groups excluding carboxylic acids is 2. The van der Waals surface area contributed by atoms with E-state index < -0.39 is 11.9 Å². The molecule has 0 bridgehead atoms. The Morgan fingerprint density at radius 2 is 0.909 bits per heavy atom. The molecule has 0 amide bonds. The summed E-state index contributed by atoms with van der Waals surface area (Å²) in [6, 6.07) is 0. The van der Waals surface area contributed by atoms with Gasteiger partial charge in [-0.05, 0) is 25.7 Å². The van der Waals surface area contributed by atoms with E-state index in [-0.39, 0.29) is 81.2 Å². The Labute approximate surface area is 189 Å². The third-order valence-electron chi connectivity index (χ3n) is 2.97. The van der Waals surface area contributed by atoms with Crippen molar-refractivity contribution < 1.29 is 39.3 Å². The van der Waals surface area contributed by atoms with Crippen molar-refractivity contribution in [3.05, 3.63) is 0 Å². The first kappa shape index (κ1) is 31.0. The van der Waals surface area contributed by atoms with Crippen LogP contribution >= 0.6 is 0 Å². The van der Waals surface area contributed by atoms with Gasteiger partial charge in [0.1, 0.15) is 0 Å². The number of hydrogen-bond acceptors (Lipinski definition) is 4. The summed E-state index contributed by atoms with van der Waals surface area (Å²) >= 11 is 0. The van der Waals surface area contributed by atoms with Gasteiger partial charge in [-0.15, -0.1) is 0 Å². The summed E-state index contributed by atoms with van der Waals surface area (Å²) in [6.07, 6.45) is 11.2. The maximum absolute atomic E-state index is 9.92. The van der Waals surface area contributed by atoms with Crippen molar-refractivity contribution in [2.24, 2.45) is 0 Å². The number of aliphatic carboxylic acids is 2. The van der Waals surface area contributed by atoms with Crippen LogP contribution in [-0.2, 0) is 29.1 Å². The number of hydrogen-bond donors (Lipinski definition) is 0. The van der Waals surface area contributed by atoms with Crippen LogP contribution in [0.1, 0.15) is 90.9 Å². The predicted molar refractivity (Wildman–Crippen MR) is 85.3 cm³/mol. The fourth-order valence-electron chi connectivity index (χ4n) is 1.75. The second-order valence-electron chi connectivity index (χ2n) is 5.07. The smallest absolute Gasteiger partial charge is 2.00 e. The SMILES string of the molecule is CCCCCCCC(=O)[O-].CCCCCCCC(=O)[O-].[BaH2].[Zn+2]. The van der Waals surface area contributed by atoms with Crippen LogP contribution in [0.2, 0.25) is 0 Å². The molecule has 0 saturated heterocycles. The maximum Gasteiger partial charge on any atom is 2.00 e. The van der Waals surface area contributed by atoms with E-state index in [1.54, 1.807) is 0 Å². The van der Waals surface area contributed by atoms with Crippen LogP contribution in [0, 0.1) is 0 Å². The van der Waals surface area contributed by atoms with E-state index in [1.165, 1.54) is 25.7 Å². The Morgan fingerprint density at radius 3 is 1.14 bits per heavy atom. The summed E-state index contributed by atoms with van der Waals surface area (Å²) in [7, 11) is 0. The van der Waals surface area contributed by atoms with Crippen molar-refractivity contribution in [2.45, 2.75) is 90.9 Å². The van der Waals surface area contributed by atoms with E-state index in [4.69, 9.17) is 0 Å². The molecule has 6 heteroatoms. The Bertz CT molecular complexity index is 214. The van der Waals surface area contributed by atoms with Crippen molar-refractivity contribution in [1.29, 1.82) is 0 Å². The second-order valence-corrected chi connectivity index (χ2v) is 5.07. The van der Waals surface area contributed by atoms with E-state index in [0.29, 0.717) is 0 Å². The quantitative estimate of drug-likeness (QED) is 0.305. The normalized spacial score (nSPS) is 8.82. The van der Waals surface area contributed by atoms with Gasteiger partial charge in [0.05, 0.1) is 0 Å². The van der Waals surface area contributed by atoms with Crippen LogP contribution in [0.15, 0.2) is 0 Å². The average molecular weight is 491 g/mol. The monoisotopic (exact) mass is 490 g/mol. The van der Waals surface area contributed by atoms with Gasteiger partial charge >= 0.3 is 68.4 Å². The number of carboxylic acid groups (broad SMARTS) is 2. The molecule has 0 saturated carbocycles. The number of unbranched alkanes of at least 4 members (excludes halogenated alkanes) is 8. The van der Waals surface area contributed by atoms with Crippen molar-refractivity contribution in [3.8, 4) is 0 Å². The molecule has 0 aromatic rings. The molecule has 0 aliphatic rings. The topological polar surface area (TPSA) is 80.3 Å². The molecule has 0 aromatic carbocycles. The average Bonchev–Trinajstić information content (AvgIpc) is 2.38. The van der Waals surface area contributed by atoms with E-state index in [9.17, 15) is 19.8 Å². The molecule has 0 aliphatic heterocycles. The van der Waals surface area contributed by atoms with Gasteiger partial charge in [-0.25, -0.2) is 0 Å². The Balaban J connectivity index is -0.000000135. The fraction of sp³-hybridized carbons (Fsp3) is 0.875. The van der Waals surface area contributed by atoms with Gasteiger partial charge in [0.25, 0.3) is 0 Å². The zero-order valence-electron chi connectivity index (χ0n) is 13.8. The third-order valence-corrected chi connectivity index (χ3v) is 2.97. The standard InChI is InChI=1S/2C8H16O2.Ba.Zn.2H/c2*1-2-3-4-5-6-7-8(9)10;;;;/h2*2-7H2,1H3,(H,9,10);;;;/q;;;+2;;/p-2. The summed E-state index contributed by atoms with van der Waals surface area (Å²) in [5.74, 6) is -1.84. The largest absolute Gasteiger partial charge is 2.00 e. The molecule has 0 atom stereocenters. The molecule has 124 valence electrons. The Hall–Kier alpha value is 1.13. The van der Waals surface area contributed by atoms with E-state index in [2.05, 4.69) is 13.8 Å². The summed E-state index contributed by atoms with van der Waals surface area (Å²) in [5.41, 5.74) is 0. The van der Waals surface area contributed by atoms with E-state index >= 15 is 0 Å². The minimum absolute atomic E-state index is 0. The molecular weight excluding hydrogens is 459 g/mol. The first-order valence-corrected chi connectivity index (χ1v) is 7.94. The summed E-state index contributed by atoms with van der Waals surface area (Å²) < 4.78 is 0. The zero-order valence-corrected chi connectivity index (χ0v) is 16.8. The maximum atomic E-state index is 9.92. The molecule has 0 rings (SSSR count). The van der Waals surface area contributed by atoms with Gasteiger partial charge in [0, 0.05) is 11.9 Å². The molecule has 22 heavy (non-hydrogen) atoms. The van der Waals surface area contributed by atoms with Gasteiger partial charge < -0.3 is 19.8 Å². The summed E-state index contributed by atoms with van der Waals surface area (Å²) in [6.45, 7) is 4.28. The molecular formula is C16H32BaO4Zn. The second kappa shape index (κ2) is 27.0. The van der Waals surface area contributed by atoms with Crippen LogP contribution in [0.25, 0.3) is 0 Å². The Kier molecular flexibility index (Phi) is 38.0. The molecule has 0 spiro atoms. The van der Waals surface area contributed by atoms with E-state index in [1.807, 2.05) is 0 Å². The molecule has 0 aromatic heterocycles. The van der Waals surface area contributed by atoms with Gasteiger partial charge in [-0.1, -0.05) is 65.2 Å². The molecule has 0 heterocycles. The van der Waals surface area contributed by atoms with Crippen molar-refractivity contribution in [1.82, 2.24) is 0 Å². The number of carboxylic acids is 2. The summed E-state index contributed by atoms with van der Waals surface area (Å²) in [5, 5.41) is 19.8. The Morgan fingerprint density at radius 1 is 0.636 bits per heavy atom. The van der Waals surface area contributed by atoms with Crippen molar-refractivity contribution in [2.75, 3.05) is 0 Å². The molecule has 0 unspecified atom stereocenters. The van der Waals surface area contributed by atoms with Crippen LogP contribution in [0.5, 0.6) is 0 Å². The fourth-order valence-corrected chi connectivity index (χ4v) is 1.75. The molecule has 4 nitrogen and oxygen atoms in total. The van der Waals surface area contributed by atoms with E-state index in [0.717, 1.165) is 38.5 Å². The molecule has 0 radical (unpaired) electrons. The van der Waals surface area contributed by atoms with Crippen molar-refractivity contribution in [3.63, 3.8) is 0 Å². The van der Waals surface area contributed by atoms with Crippen LogP contribution in [0.4, 0.5) is 0 Å². The van der Waals surface area contributed by atoms with Gasteiger partial charge in [-0.3, -0.25) is 0 Å². The van der Waals surface area contributed by atoms with Crippen LogP contribution in [-0.4, -0.2) is 60.8 Å². The van der Waals surface area contributed by atoms with Gasteiger partial charge in [-0.2, -0.15) is 0 Å². The first-order valence-electron chi connectivity index (χ1n) is 7.94. The van der Waals surface area contributed by atoms with Crippen LogP contribution < -0.4 is 10.2 Å². The zero-order chi connectivity index (χ0) is 15.6. The minimum atomic E-state index is -0.920. The predicted octanol–water partition coefficient (Wildman–Crippen LogP) is 1.27. The first-order chi connectivity index (χ1) is 9.54. The molecule has 0 aliphatic carbocycles. The minimum Gasteiger partial charge on any atom is 2.00 e. The summed E-state index contributed by atoms with van der Waals surface area (Å²) in [4.78, 5) is 19.8. The van der Waals surface area contributed by atoms with Gasteiger partial charge in [0.2, 0.25) is 0 Å². The van der Waals surface area contributed by atoms with Crippen LogP contribution in [0.3, 0.4) is 0 Å². The molecule has 0 fully saturated rings.